The number of hydrogen-bond donors (Lipinski definition) is 1. The van der Waals surface area contributed by atoms with E-state index in [9.17, 15) is 9.18 Å². The van der Waals surface area contributed by atoms with Crippen molar-refractivity contribution in [1.29, 1.82) is 0 Å². The molecule has 0 aromatic heterocycles. The first kappa shape index (κ1) is 15.0. The van der Waals surface area contributed by atoms with Gasteiger partial charge in [0.1, 0.15) is 5.82 Å². The lowest BCUT2D eigenvalue weighted by Gasteiger charge is -2.12. The Hall–Kier alpha value is -2.36. The predicted octanol–water partition coefficient (Wildman–Crippen LogP) is 3.84. The van der Waals surface area contributed by atoms with E-state index in [1.807, 2.05) is 32.0 Å². The van der Waals surface area contributed by atoms with E-state index in [1.165, 1.54) is 36.4 Å². The zero-order chi connectivity index (χ0) is 15.4. The zero-order valence-corrected chi connectivity index (χ0v) is 12.4. The fourth-order valence-corrected chi connectivity index (χ4v) is 2.10. The molecule has 2 aromatic carbocycles. The van der Waals surface area contributed by atoms with Crippen LogP contribution in [0.4, 0.5) is 10.1 Å². The Balaban J connectivity index is 2.19. The first-order valence-corrected chi connectivity index (χ1v) is 6.69. The second-order valence-electron chi connectivity index (χ2n) is 4.90. The minimum absolute atomic E-state index is 0.291. The maximum atomic E-state index is 13.8. The van der Waals surface area contributed by atoms with Gasteiger partial charge in [-0.25, -0.2) is 9.18 Å². The molecule has 0 bridgehead atoms. The van der Waals surface area contributed by atoms with Gasteiger partial charge in [0.2, 0.25) is 0 Å². The second kappa shape index (κ2) is 6.39. The van der Waals surface area contributed by atoms with Crippen LogP contribution < -0.4 is 5.32 Å². The van der Waals surface area contributed by atoms with Crippen LogP contribution in [0.15, 0.2) is 36.4 Å². The number of anilines is 1. The molecule has 0 amide bonds. The fourth-order valence-electron chi connectivity index (χ4n) is 2.10. The van der Waals surface area contributed by atoms with Gasteiger partial charge in [0.25, 0.3) is 0 Å². The van der Waals surface area contributed by atoms with Gasteiger partial charge >= 0.3 is 5.97 Å². The summed E-state index contributed by atoms with van der Waals surface area (Å²) < 4.78 is 18.4. The molecular weight excluding hydrogens is 269 g/mol. The molecule has 2 rings (SSSR count). The topological polar surface area (TPSA) is 38.3 Å². The summed E-state index contributed by atoms with van der Waals surface area (Å²) in [5.74, 6) is -0.877. The Morgan fingerprint density at radius 3 is 2.71 bits per heavy atom. The molecule has 0 saturated heterocycles. The maximum Gasteiger partial charge on any atom is 0.337 e. The Kier molecular flexibility index (Phi) is 4.58. The molecular formula is C17H18FNO2. The molecule has 0 radical (unpaired) electrons. The lowest BCUT2D eigenvalue weighted by molar-refractivity contribution is 0.0600. The molecule has 0 heterocycles. The van der Waals surface area contributed by atoms with Gasteiger partial charge in [0, 0.05) is 6.54 Å². The number of carbonyl (C=O) groups excluding carboxylic acids is 1. The fraction of sp³-hybridized carbons (Fsp3) is 0.235. The molecule has 0 saturated carbocycles. The summed E-state index contributed by atoms with van der Waals surface area (Å²) in [6.45, 7) is 4.57. The molecule has 1 N–H and O–H groups in total. The largest absolute Gasteiger partial charge is 0.465 e. The van der Waals surface area contributed by atoms with Crippen LogP contribution in [0.5, 0.6) is 0 Å². The first-order chi connectivity index (χ1) is 10.0. The molecule has 110 valence electrons. The molecule has 4 heteroatoms. The molecule has 0 aliphatic rings. The van der Waals surface area contributed by atoms with Crippen molar-refractivity contribution in [3.8, 4) is 0 Å². The van der Waals surface area contributed by atoms with Crippen LogP contribution in [0.2, 0.25) is 0 Å². The summed E-state index contributed by atoms with van der Waals surface area (Å²) in [7, 11) is 1.30. The van der Waals surface area contributed by atoms with Gasteiger partial charge in [-0.05, 0) is 48.7 Å². The van der Waals surface area contributed by atoms with Crippen LogP contribution in [-0.4, -0.2) is 13.1 Å². The highest BCUT2D eigenvalue weighted by Gasteiger charge is 2.10. The Bertz CT molecular complexity index is 668. The number of aryl methyl sites for hydroxylation is 1. The molecule has 21 heavy (non-hydrogen) atoms. The van der Waals surface area contributed by atoms with Crippen molar-refractivity contribution >= 4 is 11.7 Å². The van der Waals surface area contributed by atoms with Crippen LogP contribution in [-0.2, 0) is 11.3 Å². The van der Waals surface area contributed by atoms with Gasteiger partial charge in [-0.2, -0.15) is 0 Å². The normalized spacial score (nSPS) is 10.3. The minimum atomic E-state index is -0.482. The van der Waals surface area contributed by atoms with Crippen LogP contribution in [0, 0.1) is 19.7 Å². The highest BCUT2D eigenvalue weighted by molar-refractivity contribution is 5.90. The number of esters is 1. The smallest absolute Gasteiger partial charge is 0.337 e. The maximum absolute atomic E-state index is 13.8. The second-order valence-corrected chi connectivity index (χ2v) is 4.90. The summed E-state index contributed by atoms with van der Waals surface area (Å²) in [6, 6.07) is 10.1. The third-order valence-corrected chi connectivity index (χ3v) is 3.57. The summed E-state index contributed by atoms with van der Waals surface area (Å²) >= 11 is 0. The standard InChI is InChI=1S/C17H18FNO2/c1-11-5-4-6-14(12(11)2)10-19-16-9-13(17(20)21-3)7-8-15(16)18/h4-9,19H,10H2,1-3H3. The summed E-state index contributed by atoms with van der Waals surface area (Å²) in [5, 5.41) is 3.03. The molecule has 0 aliphatic carbocycles. The number of carbonyl (C=O) groups is 1. The Morgan fingerprint density at radius 1 is 1.24 bits per heavy atom. The molecule has 0 unspecified atom stereocenters. The van der Waals surface area contributed by atoms with Crippen LogP contribution in [0.3, 0.4) is 0 Å². The minimum Gasteiger partial charge on any atom is -0.465 e. The zero-order valence-electron chi connectivity index (χ0n) is 12.4. The number of rotatable bonds is 4. The summed E-state index contributed by atoms with van der Waals surface area (Å²) in [5.41, 5.74) is 4.08. The van der Waals surface area contributed by atoms with Crippen molar-refractivity contribution in [2.75, 3.05) is 12.4 Å². The first-order valence-electron chi connectivity index (χ1n) is 6.69. The third kappa shape index (κ3) is 3.40. The number of nitrogens with one attached hydrogen (secondary N) is 1. The van der Waals surface area contributed by atoms with Crippen LogP contribution in [0.1, 0.15) is 27.0 Å². The summed E-state index contributed by atoms with van der Waals surface area (Å²) in [6.07, 6.45) is 0. The summed E-state index contributed by atoms with van der Waals surface area (Å²) in [4.78, 5) is 11.5. The highest BCUT2D eigenvalue weighted by atomic mass is 19.1. The monoisotopic (exact) mass is 287 g/mol. The van der Waals surface area contributed by atoms with E-state index in [-0.39, 0.29) is 0 Å². The van der Waals surface area contributed by atoms with Gasteiger partial charge in [0.15, 0.2) is 0 Å². The quantitative estimate of drug-likeness (QED) is 0.868. The average Bonchev–Trinajstić information content (AvgIpc) is 2.49. The van der Waals surface area contributed by atoms with Crippen LogP contribution >= 0.6 is 0 Å². The van der Waals surface area contributed by atoms with E-state index in [4.69, 9.17) is 0 Å². The molecule has 2 aromatic rings. The average molecular weight is 287 g/mol. The molecule has 0 fully saturated rings. The van der Waals surface area contributed by atoms with Crippen molar-refractivity contribution in [2.45, 2.75) is 20.4 Å². The van der Waals surface area contributed by atoms with Gasteiger partial charge < -0.3 is 10.1 Å². The van der Waals surface area contributed by atoms with E-state index in [1.54, 1.807) is 0 Å². The molecule has 0 aliphatic heterocycles. The van der Waals surface area contributed by atoms with Crippen LogP contribution in [0.25, 0.3) is 0 Å². The van der Waals surface area contributed by atoms with E-state index in [0.29, 0.717) is 17.8 Å². The number of ether oxygens (including phenoxy) is 1. The van der Waals surface area contributed by atoms with Crippen molar-refractivity contribution in [3.63, 3.8) is 0 Å². The van der Waals surface area contributed by atoms with Crippen molar-refractivity contribution in [1.82, 2.24) is 0 Å². The van der Waals surface area contributed by atoms with Gasteiger partial charge in [-0.1, -0.05) is 18.2 Å². The van der Waals surface area contributed by atoms with E-state index < -0.39 is 11.8 Å². The van der Waals surface area contributed by atoms with Gasteiger partial charge in [-0.3, -0.25) is 0 Å². The highest BCUT2D eigenvalue weighted by Crippen LogP contribution is 2.19. The SMILES string of the molecule is COC(=O)c1ccc(F)c(NCc2cccc(C)c2C)c1. The third-order valence-electron chi connectivity index (χ3n) is 3.57. The van der Waals surface area contributed by atoms with E-state index in [0.717, 1.165) is 5.56 Å². The molecule has 0 spiro atoms. The van der Waals surface area contributed by atoms with Crippen molar-refractivity contribution in [3.05, 3.63) is 64.5 Å². The van der Waals surface area contributed by atoms with Crippen molar-refractivity contribution < 1.29 is 13.9 Å². The predicted molar refractivity (Wildman–Crippen MR) is 81.0 cm³/mol. The number of benzene rings is 2. The number of methoxy groups -OCH3 is 1. The Labute approximate surface area is 123 Å². The van der Waals surface area contributed by atoms with Gasteiger partial charge in [0.05, 0.1) is 18.4 Å². The number of halogens is 1. The lowest BCUT2D eigenvalue weighted by atomic mass is 10.0. The lowest BCUT2D eigenvalue weighted by Crippen LogP contribution is -2.07. The van der Waals surface area contributed by atoms with Crippen molar-refractivity contribution in [2.24, 2.45) is 0 Å². The Morgan fingerprint density at radius 2 is 2.00 bits per heavy atom. The van der Waals surface area contributed by atoms with E-state index >= 15 is 0 Å². The van der Waals surface area contributed by atoms with E-state index in [2.05, 4.69) is 10.1 Å². The molecule has 3 nitrogen and oxygen atoms in total. The number of hydrogen-bond acceptors (Lipinski definition) is 3. The molecule has 0 atom stereocenters. The van der Waals surface area contributed by atoms with Gasteiger partial charge in [-0.15, -0.1) is 0 Å².